The van der Waals surface area contributed by atoms with E-state index in [1.165, 1.54) is 19.4 Å². The molecule has 1 aliphatic carbocycles. The lowest BCUT2D eigenvalue weighted by atomic mass is 9.67. The van der Waals surface area contributed by atoms with Crippen molar-refractivity contribution in [3.05, 3.63) is 82.0 Å². The Labute approximate surface area is 247 Å². The number of nitrogens with one attached hydrogen (secondary N) is 4. The van der Waals surface area contributed by atoms with Crippen LogP contribution >= 0.6 is 23.2 Å². The highest BCUT2D eigenvalue weighted by Gasteiger charge is 2.44. The minimum atomic E-state index is -0.738. The van der Waals surface area contributed by atoms with Crippen LogP contribution in [0.2, 0.25) is 10.0 Å². The second-order valence-corrected chi connectivity index (χ2v) is 11.2. The summed E-state index contributed by atoms with van der Waals surface area (Å²) in [5.74, 6) is -0.107. The summed E-state index contributed by atoms with van der Waals surface area (Å²) < 4.78 is 19.3. The van der Waals surface area contributed by atoms with Crippen LogP contribution in [0.15, 0.2) is 54.9 Å². The van der Waals surface area contributed by atoms with Crippen LogP contribution in [0, 0.1) is 17.3 Å². The molecular formula is C28H26BCl2FN8O. The summed E-state index contributed by atoms with van der Waals surface area (Å²) in [7, 11) is 3.57. The van der Waals surface area contributed by atoms with Crippen LogP contribution in [0.25, 0.3) is 10.9 Å². The summed E-state index contributed by atoms with van der Waals surface area (Å²) in [5.41, 5.74) is 9.36. The molecule has 6 rings (SSSR count). The van der Waals surface area contributed by atoms with E-state index in [4.69, 9.17) is 27.9 Å². The summed E-state index contributed by atoms with van der Waals surface area (Å²) in [4.78, 5) is 8.40. The summed E-state index contributed by atoms with van der Waals surface area (Å²) in [6.07, 6.45) is 5.31. The number of nitriles is 1. The molecule has 0 radical (unpaired) electrons. The highest BCUT2D eigenvalue weighted by Crippen LogP contribution is 2.40. The Balaban J connectivity index is 1.44. The van der Waals surface area contributed by atoms with E-state index in [0.29, 0.717) is 61.9 Å². The smallest absolute Gasteiger partial charge is 0.212 e. The van der Waals surface area contributed by atoms with Crippen LogP contribution in [0.4, 0.5) is 21.5 Å². The first-order valence-electron chi connectivity index (χ1n) is 13.1. The lowest BCUT2D eigenvalue weighted by Gasteiger charge is -2.37. The highest BCUT2D eigenvalue weighted by atomic mass is 35.5. The average Bonchev–Trinajstić information content (AvgIpc) is 3.69. The Morgan fingerprint density at radius 2 is 2.00 bits per heavy atom. The van der Waals surface area contributed by atoms with E-state index < -0.39 is 11.4 Å². The number of hydrogen-bond acceptors (Lipinski definition) is 9. The molecule has 1 saturated carbocycles. The number of nitrogens with zero attached hydrogens (tertiary/aromatic N) is 4. The van der Waals surface area contributed by atoms with Gasteiger partial charge in [0.25, 0.3) is 0 Å². The van der Waals surface area contributed by atoms with Gasteiger partial charge in [0.1, 0.15) is 13.9 Å². The number of rotatable bonds is 8. The maximum atomic E-state index is 13.8. The fraction of sp³-hybridized carbons (Fsp3) is 0.250. The zero-order valence-electron chi connectivity index (χ0n) is 22.3. The molecule has 0 amide bonds. The predicted octanol–water partition coefficient (Wildman–Crippen LogP) is 4.45. The van der Waals surface area contributed by atoms with Crippen molar-refractivity contribution in [3.8, 4) is 11.8 Å². The van der Waals surface area contributed by atoms with Crippen molar-refractivity contribution in [1.29, 1.82) is 5.26 Å². The van der Waals surface area contributed by atoms with Gasteiger partial charge in [-0.05, 0) is 48.7 Å². The van der Waals surface area contributed by atoms with Crippen molar-refractivity contribution in [3.63, 3.8) is 0 Å². The van der Waals surface area contributed by atoms with Crippen molar-refractivity contribution >= 4 is 59.0 Å². The van der Waals surface area contributed by atoms with Gasteiger partial charge >= 0.3 is 0 Å². The Kier molecular flexibility index (Phi) is 7.36. The molecular weight excluding hydrogens is 565 g/mol. The minimum Gasteiger partial charge on any atom is -0.493 e. The van der Waals surface area contributed by atoms with Gasteiger partial charge < -0.3 is 15.4 Å². The van der Waals surface area contributed by atoms with Crippen molar-refractivity contribution in [2.75, 3.05) is 24.3 Å². The second kappa shape index (κ2) is 11.0. The quantitative estimate of drug-likeness (QED) is 0.175. The predicted molar refractivity (Wildman–Crippen MR) is 161 cm³/mol. The van der Waals surface area contributed by atoms with Crippen molar-refractivity contribution in [1.82, 2.24) is 25.9 Å². The van der Waals surface area contributed by atoms with Crippen LogP contribution in [-0.4, -0.2) is 48.6 Å². The van der Waals surface area contributed by atoms with Gasteiger partial charge in [-0.25, -0.2) is 15.4 Å². The monoisotopic (exact) mass is 590 g/mol. The number of ether oxygens (including phenoxy) is 1. The Bertz CT molecular complexity index is 1670. The number of methoxy groups -OCH3 is 1. The van der Waals surface area contributed by atoms with Gasteiger partial charge in [0.15, 0.2) is 5.75 Å². The zero-order valence-corrected chi connectivity index (χ0v) is 23.8. The van der Waals surface area contributed by atoms with Gasteiger partial charge in [-0.3, -0.25) is 4.98 Å². The summed E-state index contributed by atoms with van der Waals surface area (Å²) >= 11 is 13.1. The molecule has 1 aliphatic heterocycles. The van der Waals surface area contributed by atoms with Crippen molar-refractivity contribution in [2.24, 2.45) is 0 Å². The number of aromatic nitrogens is 2. The van der Waals surface area contributed by atoms with Gasteiger partial charge in [0, 0.05) is 41.5 Å². The number of benzene rings is 2. The van der Waals surface area contributed by atoms with Crippen LogP contribution in [0.5, 0.6) is 5.75 Å². The number of fused-ring (bicyclic) bond motifs is 1. The first kappa shape index (κ1) is 27.5. The largest absolute Gasteiger partial charge is 0.493 e. The molecule has 13 heteroatoms. The summed E-state index contributed by atoms with van der Waals surface area (Å²) in [6.45, 7) is 0.717. The molecule has 208 valence electrons. The Hall–Kier alpha value is -3.66. The van der Waals surface area contributed by atoms with Crippen molar-refractivity contribution < 1.29 is 9.13 Å². The molecule has 3 heterocycles. The fourth-order valence-electron chi connectivity index (χ4n) is 5.25. The third kappa shape index (κ3) is 5.25. The third-order valence-corrected chi connectivity index (χ3v) is 8.24. The maximum absolute atomic E-state index is 13.8. The topological polar surface area (TPSA) is 110 Å². The zero-order chi connectivity index (χ0) is 28.7. The van der Waals surface area contributed by atoms with E-state index in [2.05, 4.69) is 42.6 Å². The summed E-state index contributed by atoms with van der Waals surface area (Å²) in [6, 6.07) is 14.7. The standard InChI is InChI=1S/C28H26BCl2FN8O/c1-41-27-20(30)3-2-4-22(27)36-25-15(11-33)12-35-26-19(25)9-17(10-21(26)31)37-28(29,16-5-8-24(32)34-13-16)23-14-40(39-38-23)18-6-7-18/h2-5,8-10,12-13,18,23,37-39H,6-7,14,29H2,1H3,(H,35,36). The number of hydrogen-bond donors (Lipinski definition) is 4. The van der Waals surface area contributed by atoms with E-state index in [9.17, 15) is 9.65 Å². The van der Waals surface area contributed by atoms with Gasteiger partial charge in [0.2, 0.25) is 5.95 Å². The molecule has 9 nitrogen and oxygen atoms in total. The van der Waals surface area contributed by atoms with E-state index in [1.54, 1.807) is 30.5 Å². The Morgan fingerprint density at radius 3 is 2.71 bits per heavy atom. The normalized spacial score (nSPS) is 18.6. The van der Waals surface area contributed by atoms with Gasteiger partial charge in [0.05, 0.1) is 45.7 Å². The highest BCUT2D eigenvalue weighted by molar-refractivity contribution is 6.36. The molecule has 2 atom stereocenters. The molecule has 2 aromatic heterocycles. The van der Waals surface area contributed by atoms with Crippen LogP contribution in [0.1, 0.15) is 24.0 Å². The van der Waals surface area contributed by atoms with E-state index in [0.717, 1.165) is 18.4 Å². The van der Waals surface area contributed by atoms with E-state index >= 15 is 0 Å². The first-order chi connectivity index (χ1) is 19.8. The molecule has 2 unspecified atom stereocenters. The lowest BCUT2D eigenvalue weighted by molar-refractivity contribution is 0.222. The van der Waals surface area contributed by atoms with Gasteiger partial charge in [-0.15, -0.1) is 0 Å². The molecule has 0 spiro atoms. The molecule has 0 bridgehead atoms. The number of pyridine rings is 2. The minimum absolute atomic E-state index is 0.110. The van der Waals surface area contributed by atoms with Gasteiger partial charge in [-0.1, -0.05) is 35.3 Å². The van der Waals surface area contributed by atoms with Crippen LogP contribution < -0.4 is 26.3 Å². The van der Waals surface area contributed by atoms with E-state index in [-0.39, 0.29) is 6.04 Å². The molecule has 4 N–H and O–H groups in total. The molecule has 41 heavy (non-hydrogen) atoms. The SMILES string of the molecule is BC(Nc1cc(Cl)c2ncc(C#N)c(Nc3cccc(Cl)c3OC)c2c1)(c1ccc(F)nc1)C1CN(C2CC2)NN1. The molecule has 2 aliphatic rings. The van der Waals surface area contributed by atoms with Crippen LogP contribution in [0.3, 0.4) is 0 Å². The molecule has 2 aromatic carbocycles. The number of anilines is 3. The molecule has 1 saturated heterocycles. The summed E-state index contributed by atoms with van der Waals surface area (Å²) in [5, 5.41) is 20.6. The first-order valence-corrected chi connectivity index (χ1v) is 13.9. The number of para-hydroxylation sites is 1. The molecule has 2 fully saturated rings. The fourth-order valence-corrected chi connectivity index (χ4v) is 5.77. The van der Waals surface area contributed by atoms with Gasteiger partial charge in [-0.2, -0.15) is 15.2 Å². The lowest BCUT2D eigenvalue weighted by Crippen LogP contribution is -2.54. The van der Waals surface area contributed by atoms with Crippen molar-refractivity contribution in [2.45, 2.75) is 30.4 Å². The van der Waals surface area contributed by atoms with Crippen LogP contribution in [-0.2, 0) is 5.44 Å². The van der Waals surface area contributed by atoms with E-state index in [1.807, 2.05) is 20.0 Å². The number of halogens is 3. The maximum Gasteiger partial charge on any atom is 0.212 e. The second-order valence-electron chi connectivity index (χ2n) is 10.3. The Morgan fingerprint density at radius 1 is 1.17 bits per heavy atom. The third-order valence-electron chi connectivity index (χ3n) is 7.65. The average molecular weight is 591 g/mol. The number of hydrazine groups is 2. The molecule has 4 aromatic rings.